The zero-order valence-corrected chi connectivity index (χ0v) is 12.3. The molecular formula is C17H20N2O2. The molecule has 0 aliphatic carbocycles. The van der Waals surface area contributed by atoms with Gasteiger partial charge < -0.3 is 10.8 Å². The number of carboxylic acid groups (broad SMARTS) is 1. The lowest BCUT2D eigenvalue weighted by molar-refractivity contribution is -0.138. The van der Waals surface area contributed by atoms with Gasteiger partial charge in [-0.3, -0.25) is 9.78 Å². The van der Waals surface area contributed by atoms with Crippen molar-refractivity contribution in [2.75, 3.05) is 0 Å². The monoisotopic (exact) mass is 284 g/mol. The maximum absolute atomic E-state index is 10.7. The van der Waals surface area contributed by atoms with Crippen molar-refractivity contribution in [3.05, 3.63) is 53.3 Å². The number of nitrogens with zero attached hydrogens (tertiary/aromatic N) is 1. The molecule has 0 saturated carbocycles. The molecule has 0 unspecified atom stereocenters. The maximum atomic E-state index is 10.7. The molecule has 3 N–H and O–H groups in total. The Morgan fingerprint density at radius 3 is 2.52 bits per heavy atom. The van der Waals surface area contributed by atoms with Gasteiger partial charge in [-0.25, -0.2) is 0 Å². The first-order chi connectivity index (χ1) is 9.99. The summed E-state index contributed by atoms with van der Waals surface area (Å²) in [6.45, 7) is 4.07. The highest BCUT2D eigenvalue weighted by Gasteiger charge is 2.11. The number of rotatable bonds is 5. The number of aryl methyl sites for hydroxylation is 2. The van der Waals surface area contributed by atoms with E-state index in [4.69, 9.17) is 10.8 Å². The van der Waals surface area contributed by atoms with E-state index in [-0.39, 0.29) is 0 Å². The Morgan fingerprint density at radius 1 is 1.24 bits per heavy atom. The Hall–Kier alpha value is -2.20. The third-order valence-corrected chi connectivity index (χ3v) is 3.78. The molecule has 4 nitrogen and oxygen atoms in total. The van der Waals surface area contributed by atoms with Crippen molar-refractivity contribution in [3.63, 3.8) is 0 Å². The van der Waals surface area contributed by atoms with Crippen LogP contribution in [0.1, 0.15) is 23.2 Å². The molecule has 0 aliphatic heterocycles. The minimum Gasteiger partial charge on any atom is -0.480 e. The molecule has 0 fully saturated rings. The van der Waals surface area contributed by atoms with E-state index in [1.54, 1.807) is 0 Å². The molecule has 110 valence electrons. The molecule has 4 heteroatoms. The third kappa shape index (κ3) is 3.67. The van der Waals surface area contributed by atoms with Gasteiger partial charge in [-0.1, -0.05) is 24.3 Å². The molecule has 1 heterocycles. The third-order valence-electron chi connectivity index (χ3n) is 3.78. The maximum Gasteiger partial charge on any atom is 0.320 e. The molecule has 21 heavy (non-hydrogen) atoms. The molecule has 0 spiro atoms. The first kappa shape index (κ1) is 15.2. The average Bonchev–Trinajstić information content (AvgIpc) is 2.48. The van der Waals surface area contributed by atoms with Crippen LogP contribution < -0.4 is 5.73 Å². The summed E-state index contributed by atoms with van der Waals surface area (Å²) < 4.78 is 0. The van der Waals surface area contributed by atoms with E-state index < -0.39 is 12.0 Å². The van der Waals surface area contributed by atoms with Crippen molar-refractivity contribution < 1.29 is 9.90 Å². The standard InChI is InChI=1S/C17H20N2O2/c1-11-12(2)19-10-9-15(11)14-6-3-13(4-7-14)5-8-16(18)17(20)21/h3-4,6-7,9-10,16H,5,8,18H2,1-2H3,(H,20,21)/t16-/m0/s1. The van der Waals surface area contributed by atoms with Crippen LogP contribution in [-0.4, -0.2) is 22.1 Å². The van der Waals surface area contributed by atoms with Crippen LogP contribution in [0.25, 0.3) is 11.1 Å². The van der Waals surface area contributed by atoms with Crippen LogP contribution in [0.2, 0.25) is 0 Å². The van der Waals surface area contributed by atoms with Gasteiger partial charge in [0.05, 0.1) is 0 Å². The van der Waals surface area contributed by atoms with Crippen LogP contribution in [0.4, 0.5) is 0 Å². The van der Waals surface area contributed by atoms with Gasteiger partial charge in [0.1, 0.15) is 6.04 Å². The van der Waals surface area contributed by atoms with E-state index in [1.165, 1.54) is 11.1 Å². The molecular weight excluding hydrogens is 264 g/mol. The first-order valence-electron chi connectivity index (χ1n) is 6.99. The molecule has 1 atom stereocenters. The van der Waals surface area contributed by atoms with Gasteiger partial charge in [0.25, 0.3) is 0 Å². The fraction of sp³-hybridized carbons (Fsp3) is 0.294. The number of benzene rings is 1. The van der Waals surface area contributed by atoms with E-state index in [2.05, 4.69) is 24.0 Å². The Bertz CT molecular complexity index is 636. The quantitative estimate of drug-likeness (QED) is 0.885. The number of carboxylic acids is 1. The van der Waals surface area contributed by atoms with Crippen molar-refractivity contribution in [1.82, 2.24) is 4.98 Å². The molecule has 0 amide bonds. The van der Waals surface area contributed by atoms with Crippen LogP contribution in [0, 0.1) is 13.8 Å². The SMILES string of the molecule is Cc1nccc(-c2ccc(CC[C@H](N)C(=O)O)cc2)c1C. The van der Waals surface area contributed by atoms with Crippen LogP contribution in [0.15, 0.2) is 36.5 Å². The summed E-state index contributed by atoms with van der Waals surface area (Å²) in [6, 6.07) is 9.39. The highest BCUT2D eigenvalue weighted by molar-refractivity contribution is 5.73. The number of hydrogen-bond donors (Lipinski definition) is 2. The van der Waals surface area contributed by atoms with Gasteiger partial charge >= 0.3 is 5.97 Å². The summed E-state index contributed by atoms with van der Waals surface area (Å²) in [5, 5.41) is 8.78. The zero-order valence-electron chi connectivity index (χ0n) is 12.3. The van der Waals surface area contributed by atoms with Gasteiger partial charge in [-0.2, -0.15) is 0 Å². The Labute approximate surface area is 124 Å². The van der Waals surface area contributed by atoms with E-state index in [0.29, 0.717) is 12.8 Å². The summed E-state index contributed by atoms with van der Waals surface area (Å²) in [5.74, 6) is -0.950. The second-order valence-corrected chi connectivity index (χ2v) is 5.25. The summed E-state index contributed by atoms with van der Waals surface area (Å²) in [6.07, 6.45) is 2.93. The summed E-state index contributed by atoms with van der Waals surface area (Å²) in [4.78, 5) is 15.0. The zero-order chi connectivity index (χ0) is 15.4. The summed E-state index contributed by atoms with van der Waals surface area (Å²) in [5.41, 5.74) is 11.1. The predicted molar refractivity (Wildman–Crippen MR) is 83.1 cm³/mol. The first-order valence-corrected chi connectivity index (χ1v) is 6.99. The minimum absolute atomic E-state index is 0.447. The lowest BCUT2D eigenvalue weighted by Crippen LogP contribution is -2.30. The van der Waals surface area contributed by atoms with Crippen LogP contribution in [0.5, 0.6) is 0 Å². The second-order valence-electron chi connectivity index (χ2n) is 5.25. The Balaban J connectivity index is 2.12. The van der Waals surface area contributed by atoms with E-state index in [1.807, 2.05) is 31.3 Å². The smallest absolute Gasteiger partial charge is 0.320 e. The van der Waals surface area contributed by atoms with Gasteiger partial charge in [-0.05, 0) is 55.0 Å². The second kappa shape index (κ2) is 6.50. The van der Waals surface area contributed by atoms with Crippen molar-refractivity contribution in [2.45, 2.75) is 32.7 Å². The number of aromatic nitrogens is 1. The van der Waals surface area contributed by atoms with Crippen molar-refractivity contribution >= 4 is 5.97 Å². The lowest BCUT2D eigenvalue weighted by atomic mass is 9.98. The van der Waals surface area contributed by atoms with Crippen molar-refractivity contribution in [3.8, 4) is 11.1 Å². The number of carbonyl (C=O) groups is 1. The number of nitrogens with two attached hydrogens (primary N) is 1. The summed E-state index contributed by atoms with van der Waals surface area (Å²) >= 11 is 0. The minimum atomic E-state index is -0.950. The van der Waals surface area contributed by atoms with Gasteiger partial charge in [-0.15, -0.1) is 0 Å². The van der Waals surface area contributed by atoms with Crippen molar-refractivity contribution in [2.24, 2.45) is 5.73 Å². The fourth-order valence-corrected chi connectivity index (χ4v) is 2.25. The van der Waals surface area contributed by atoms with Gasteiger partial charge in [0.15, 0.2) is 0 Å². The lowest BCUT2D eigenvalue weighted by Gasteiger charge is -2.10. The molecule has 2 aromatic rings. The fourth-order valence-electron chi connectivity index (χ4n) is 2.25. The molecule has 0 saturated heterocycles. The molecule has 0 radical (unpaired) electrons. The highest BCUT2D eigenvalue weighted by Crippen LogP contribution is 2.24. The van der Waals surface area contributed by atoms with Crippen LogP contribution >= 0.6 is 0 Å². The summed E-state index contributed by atoms with van der Waals surface area (Å²) in [7, 11) is 0. The number of aliphatic carboxylic acids is 1. The molecule has 0 bridgehead atoms. The predicted octanol–water partition coefficient (Wildman–Crippen LogP) is 2.71. The van der Waals surface area contributed by atoms with Crippen LogP contribution in [-0.2, 0) is 11.2 Å². The van der Waals surface area contributed by atoms with E-state index in [9.17, 15) is 4.79 Å². The topological polar surface area (TPSA) is 76.2 Å². The molecule has 1 aromatic carbocycles. The van der Waals surface area contributed by atoms with Crippen molar-refractivity contribution in [1.29, 1.82) is 0 Å². The number of pyridine rings is 1. The Morgan fingerprint density at radius 2 is 1.90 bits per heavy atom. The van der Waals surface area contributed by atoms with Gasteiger partial charge in [0.2, 0.25) is 0 Å². The van der Waals surface area contributed by atoms with Gasteiger partial charge in [0, 0.05) is 11.9 Å². The average molecular weight is 284 g/mol. The highest BCUT2D eigenvalue weighted by atomic mass is 16.4. The molecule has 2 rings (SSSR count). The number of hydrogen-bond acceptors (Lipinski definition) is 3. The van der Waals surface area contributed by atoms with Crippen LogP contribution in [0.3, 0.4) is 0 Å². The normalized spacial score (nSPS) is 12.1. The molecule has 1 aromatic heterocycles. The largest absolute Gasteiger partial charge is 0.480 e. The van der Waals surface area contributed by atoms with E-state index >= 15 is 0 Å². The van der Waals surface area contributed by atoms with E-state index in [0.717, 1.165) is 16.8 Å². The Kier molecular flexibility index (Phi) is 4.70. The molecule has 0 aliphatic rings.